The van der Waals surface area contributed by atoms with Gasteiger partial charge in [-0.25, -0.2) is 9.37 Å². The van der Waals surface area contributed by atoms with Gasteiger partial charge in [0.25, 0.3) is 5.56 Å². The molecule has 0 fully saturated rings. The number of rotatable bonds is 7. The Bertz CT molecular complexity index is 1200. The standard InChI is InChI=1S/C21H19FN4O2S/c1-2-3-12-18-24-19(28-25-18)13-29-21-23-16-10-6-4-8-14(16)20(27)26(21)17-11-7-5-9-15(17)22/h4-11H,2-3,12-13H2,1H3. The molecular weight excluding hydrogens is 391 g/mol. The van der Waals surface area contributed by atoms with Crippen molar-refractivity contribution in [2.75, 3.05) is 0 Å². The Labute approximate surface area is 170 Å². The van der Waals surface area contributed by atoms with Crippen LogP contribution in [0.1, 0.15) is 31.5 Å². The lowest BCUT2D eigenvalue weighted by molar-refractivity contribution is 0.384. The van der Waals surface area contributed by atoms with Gasteiger partial charge in [0, 0.05) is 6.42 Å². The maximum atomic E-state index is 14.5. The molecule has 8 heteroatoms. The Morgan fingerprint density at radius 2 is 1.90 bits per heavy atom. The van der Waals surface area contributed by atoms with Crippen molar-refractivity contribution in [2.24, 2.45) is 0 Å². The van der Waals surface area contributed by atoms with E-state index >= 15 is 0 Å². The van der Waals surface area contributed by atoms with Gasteiger partial charge in [-0.05, 0) is 30.7 Å². The SMILES string of the molecule is CCCCc1noc(CSc2nc3ccccc3c(=O)n2-c2ccccc2F)n1. The zero-order valence-corrected chi connectivity index (χ0v) is 16.7. The average molecular weight is 410 g/mol. The number of benzene rings is 2. The summed E-state index contributed by atoms with van der Waals surface area (Å²) in [6.07, 6.45) is 2.80. The van der Waals surface area contributed by atoms with E-state index in [1.807, 2.05) is 6.07 Å². The van der Waals surface area contributed by atoms with Gasteiger partial charge >= 0.3 is 0 Å². The molecule has 2 aromatic heterocycles. The molecule has 0 unspecified atom stereocenters. The van der Waals surface area contributed by atoms with Crippen LogP contribution in [0.2, 0.25) is 0 Å². The van der Waals surface area contributed by atoms with E-state index in [0.29, 0.717) is 33.5 Å². The summed E-state index contributed by atoms with van der Waals surface area (Å²) in [5, 5.41) is 4.78. The first-order valence-corrected chi connectivity index (χ1v) is 10.4. The first kappa shape index (κ1) is 19.3. The van der Waals surface area contributed by atoms with Gasteiger partial charge in [-0.15, -0.1) is 0 Å². The highest BCUT2D eigenvalue weighted by molar-refractivity contribution is 7.98. The van der Waals surface area contributed by atoms with Crippen molar-refractivity contribution in [3.05, 3.63) is 76.4 Å². The lowest BCUT2D eigenvalue weighted by Crippen LogP contribution is -2.22. The number of thioether (sulfide) groups is 1. The zero-order valence-electron chi connectivity index (χ0n) is 15.8. The fraction of sp³-hybridized carbons (Fsp3) is 0.238. The highest BCUT2D eigenvalue weighted by Crippen LogP contribution is 2.25. The second-order valence-corrected chi connectivity index (χ2v) is 7.44. The third kappa shape index (κ3) is 4.07. The summed E-state index contributed by atoms with van der Waals surface area (Å²) in [5.41, 5.74) is 0.395. The summed E-state index contributed by atoms with van der Waals surface area (Å²) >= 11 is 1.26. The van der Waals surface area contributed by atoms with Crippen LogP contribution in [0.3, 0.4) is 0 Å². The number of hydrogen-bond donors (Lipinski definition) is 0. The van der Waals surface area contributed by atoms with Crippen molar-refractivity contribution < 1.29 is 8.91 Å². The van der Waals surface area contributed by atoms with Gasteiger partial charge in [-0.1, -0.05) is 54.5 Å². The number of aromatic nitrogens is 4. The van der Waals surface area contributed by atoms with Crippen LogP contribution in [0.15, 0.2) is 63.0 Å². The third-order valence-corrected chi connectivity index (χ3v) is 5.35. The van der Waals surface area contributed by atoms with Gasteiger partial charge < -0.3 is 4.52 Å². The minimum absolute atomic E-state index is 0.160. The van der Waals surface area contributed by atoms with Crippen molar-refractivity contribution in [3.8, 4) is 5.69 Å². The molecule has 0 atom stereocenters. The zero-order chi connectivity index (χ0) is 20.2. The summed E-state index contributed by atoms with van der Waals surface area (Å²) in [6, 6.07) is 13.2. The third-order valence-electron chi connectivity index (χ3n) is 4.43. The van der Waals surface area contributed by atoms with Crippen LogP contribution in [-0.2, 0) is 12.2 Å². The van der Waals surface area contributed by atoms with Crippen LogP contribution in [0.5, 0.6) is 0 Å². The number of unbranched alkanes of at least 4 members (excludes halogenated alkanes) is 1. The predicted molar refractivity (Wildman–Crippen MR) is 110 cm³/mol. The quantitative estimate of drug-likeness (QED) is 0.329. The molecule has 6 nitrogen and oxygen atoms in total. The van der Waals surface area contributed by atoms with Gasteiger partial charge in [0.15, 0.2) is 11.0 Å². The van der Waals surface area contributed by atoms with E-state index in [-0.39, 0.29) is 11.2 Å². The molecular formula is C21H19FN4O2S. The minimum Gasteiger partial charge on any atom is -0.338 e. The van der Waals surface area contributed by atoms with E-state index in [1.54, 1.807) is 36.4 Å². The van der Waals surface area contributed by atoms with Gasteiger partial charge in [0.05, 0.1) is 22.3 Å². The second kappa shape index (κ2) is 8.57. The van der Waals surface area contributed by atoms with Crippen LogP contribution in [-0.4, -0.2) is 19.7 Å². The molecule has 4 aromatic rings. The number of hydrogen-bond acceptors (Lipinski definition) is 6. The van der Waals surface area contributed by atoms with Gasteiger partial charge in [-0.3, -0.25) is 9.36 Å². The molecule has 0 spiro atoms. The van der Waals surface area contributed by atoms with Crippen molar-refractivity contribution in [3.63, 3.8) is 0 Å². The summed E-state index contributed by atoms with van der Waals surface area (Å²) in [5.74, 6) is 0.954. The first-order chi connectivity index (χ1) is 14.2. The molecule has 2 heterocycles. The van der Waals surface area contributed by atoms with Crippen LogP contribution in [0, 0.1) is 5.82 Å². The van der Waals surface area contributed by atoms with Crippen LogP contribution < -0.4 is 5.56 Å². The average Bonchev–Trinajstić information content (AvgIpc) is 3.19. The van der Waals surface area contributed by atoms with Crippen molar-refractivity contribution in [1.29, 1.82) is 0 Å². The highest BCUT2D eigenvalue weighted by atomic mass is 32.2. The van der Waals surface area contributed by atoms with E-state index in [0.717, 1.165) is 19.3 Å². The van der Waals surface area contributed by atoms with Crippen LogP contribution >= 0.6 is 11.8 Å². The number of halogens is 1. The largest absolute Gasteiger partial charge is 0.338 e. The number of para-hydroxylation sites is 2. The lowest BCUT2D eigenvalue weighted by atomic mass is 10.2. The van der Waals surface area contributed by atoms with Crippen molar-refractivity contribution in [1.82, 2.24) is 19.7 Å². The lowest BCUT2D eigenvalue weighted by Gasteiger charge is -2.13. The molecule has 0 N–H and O–H groups in total. The van der Waals surface area contributed by atoms with Gasteiger partial charge in [-0.2, -0.15) is 4.98 Å². The summed E-state index contributed by atoms with van der Waals surface area (Å²) in [7, 11) is 0. The van der Waals surface area contributed by atoms with Crippen LogP contribution in [0.25, 0.3) is 16.6 Å². The van der Waals surface area contributed by atoms with Gasteiger partial charge in [0.1, 0.15) is 5.82 Å². The molecule has 0 saturated carbocycles. The Morgan fingerprint density at radius 1 is 1.10 bits per heavy atom. The first-order valence-electron chi connectivity index (χ1n) is 9.38. The molecule has 0 aliphatic rings. The predicted octanol–water partition coefficient (Wildman–Crippen LogP) is 4.54. The molecule has 29 heavy (non-hydrogen) atoms. The van der Waals surface area contributed by atoms with Crippen molar-refractivity contribution in [2.45, 2.75) is 37.1 Å². The topological polar surface area (TPSA) is 73.8 Å². The molecule has 0 amide bonds. The summed E-state index contributed by atoms with van der Waals surface area (Å²) < 4.78 is 21.1. The van der Waals surface area contributed by atoms with E-state index < -0.39 is 5.82 Å². The fourth-order valence-electron chi connectivity index (χ4n) is 2.97. The molecule has 148 valence electrons. The monoisotopic (exact) mass is 410 g/mol. The molecule has 0 bridgehead atoms. The number of aryl methyl sites for hydroxylation is 1. The fourth-order valence-corrected chi connectivity index (χ4v) is 3.81. The van der Waals surface area contributed by atoms with E-state index in [1.165, 1.54) is 22.4 Å². The van der Waals surface area contributed by atoms with E-state index in [2.05, 4.69) is 22.0 Å². The van der Waals surface area contributed by atoms with Crippen LogP contribution in [0.4, 0.5) is 4.39 Å². The van der Waals surface area contributed by atoms with E-state index in [9.17, 15) is 9.18 Å². The summed E-state index contributed by atoms with van der Waals surface area (Å²) in [4.78, 5) is 22.1. The molecule has 0 saturated heterocycles. The Kier molecular flexibility index (Phi) is 5.71. The number of nitrogens with zero attached hydrogens (tertiary/aromatic N) is 4. The number of fused-ring (bicyclic) bond motifs is 1. The molecule has 2 aromatic carbocycles. The Hall–Kier alpha value is -3.00. The Morgan fingerprint density at radius 3 is 2.72 bits per heavy atom. The maximum absolute atomic E-state index is 14.5. The maximum Gasteiger partial charge on any atom is 0.266 e. The highest BCUT2D eigenvalue weighted by Gasteiger charge is 2.17. The molecule has 0 aliphatic heterocycles. The minimum atomic E-state index is -0.492. The smallest absolute Gasteiger partial charge is 0.266 e. The normalized spacial score (nSPS) is 11.2. The Balaban J connectivity index is 1.73. The second-order valence-electron chi connectivity index (χ2n) is 6.50. The molecule has 0 aliphatic carbocycles. The molecule has 0 radical (unpaired) electrons. The molecule has 4 rings (SSSR count). The van der Waals surface area contributed by atoms with Gasteiger partial charge in [0.2, 0.25) is 5.89 Å². The summed E-state index contributed by atoms with van der Waals surface area (Å²) in [6.45, 7) is 2.10. The van der Waals surface area contributed by atoms with E-state index in [4.69, 9.17) is 4.52 Å². The van der Waals surface area contributed by atoms with Crippen molar-refractivity contribution >= 4 is 22.7 Å².